The highest BCUT2D eigenvalue weighted by Crippen LogP contribution is 2.37. The Morgan fingerprint density at radius 2 is 1.89 bits per heavy atom. The molecule has 0 amide bonds. The number of fused-ring (bicyclic) bond motifs is 3. The second kappa shape index (κ2) is 19.9. The van der Waals surface area contributed by atoms with E-state index >= 15 is 0 Å². The van der Waals surface area contributed by atoms with Gasteiger partial charge in [-0.05, 0) is 90.7 Å². The third kappa shape index (κ3) is 9.71. The number of nitrogens with zero attached hydrogens (tertiary/aromatic N) is 2. The first-order chi connectivity index (χ1) is 27.1. The van der Waals surface area contributed by atoms with Crippen molar-refractivity contribution in [1.82, 2.24) is 4.57 Å². The molecule has 4 atom stereocenters. The summed E-state index contributed by atoms with van der Waals surface area (Å²) in [4.78, 5) is 5.41. The molecule has 0 radical (unpaired) electrons. The molecule has 278 valence electrons. The van der Waals surface area contributed by atoms with E-state index in [4.69, 9.17) is 17.1 Å². The molecular formula is C51H54N3P. The summed E-state index contributed by atoms with van der Waals surface area (Å²) in [6.07, 6.45) is 38.8. The van der Waals surface area contributed by atoms with Gasteiger partial charge >= 0.3 is 0 Å². The molecule has 3 heterocycles. The Balaban J connectivity index is 0.000000782. The normalized spacial score (nSPS) is 19.9. The zero-order chi connectivity index (χ0) is 38.4. The molecular weight excluding hydrogens is 686 g/mol. The maximum Gasteiger partial charge on any atom is 0.115 e. The minimum absolute atomic E-state index is 0.188. The summed E-state index contributed by atoms with van der Waals surface area (Å²) in [7, 11) is 1.12. The first-order valence-electron chi connectivity index (χ1n) is 19.7. The van der Waals surface area contributed by atoms with Crippen LogP contribution in [0.25, 0.3) is 27.4 Å². The Hall–Kier alpha value is -5.26. The fourth-order valence-corrected chi connectivity index (χ4v) is 8.42. The van der Waals surface area contributed by atoms with Gasteiger partial charge in [0.15, 0.2) is 0 Å². The van der Waals surface area contributed by atoms with Gasteiger partial charge in [0.1, 0.15) is 5.84 Å². The number of allylic oxidation sites excluding steroid dienone is 13. The number of aliphatic imine (C=N–C) groups is 1. The summed E-state index contributed by atoms with van der Waals surface area (Å²) in [5.74, 6) is 6.89. The topological polar surface area (TPSA) is 43.3 Å². The van der Waals surface area contributed by atoms with Crippen molar-refractivity contribution in [3.05, 3.63) is 186 Å². The number of hydrogen-bond donors (Lipinski definition) is 1. The van der Waals surface area contributed by atoms with Crippen LogP contribution in [0.1, 0.15) is 63.0 Å². The van der Waals surface area contributed by atoms with Crippen LogP contribution in [0.2, 0.25) is 0 Å². The third-order valence-corrected chi connectivity index (χ3v) is 11.6. The fourth-order valence-electron chi connectivity index (χ4n) is 7.51. The summed E-state index contributed by atoms with van der Waals surface area (Å²) in [5.41, 5.74) is 15.1. The summed E-state index contributed by atoms with van der Waals surface area (Å²) in [6.45, 7) is 8.53. The van der Waals surface area contributed by atoms with Gasteiger partial charge in [0, 0.05) is 29.7 Å². The van der Waals surface area contributed by atoms with Gasteiger partial charge in [0.25, 0.3) is 0 Å². The van der Waals surface area contributed by atoms with Crippen molar-refractivity contribution in [2.75, 3.05) is 12.7 Å². The van der Waals surface area contributed by atoms with E-state index in [9.17, 15) is 0 Å². The van der Waals surface area contributed by atoms with Crippen molar-refractivity contribution in [2.24, 2.45) is 22.6 Å². The standard InChI is InChI=1S/C46H45N3.C5H9P/c1-5-14-35(15-6-2)34(8-4)24-25-37(28-29-47)39-26-27-45-42(30-39)41-18-12-13-19-44(41)49(45)46-32-40(36-16-10-9-11-17-36)31-43(48-46)38-22-20-33(7-3)21-23-38;1-2-4-6-5-3-1/h4-6,9-20,22-28,30-31,33-34,40H,1,7,21,29,32,47H2,2-3H3;2,4,6H,1,3,5H2/b15-6-,25-24-,35-14+,37-28+;. The van der Waals surface area contributed by atoms with E-state index in [1.165, 1.54) is 40.9 Å². The zero-order valence-electron chi connectivity index (χ0n) is 32.4. The molecule has 1 aliphatic carbocycles. The van der Waals surface area contributed by atoms with E-state index in [1.54, 1.807) is 6.08 Å². The van der Waals surface area contributed by atoms with Gasteiger partial charge in [-0.2, -0.15) is 0 Å². The Labute approximate surface area is 330 Å². The third-order valence-electron chi connectivity index (χ3n) is 10.5. The van der Waals surface area contributed by atoms with Crippen LogP contribution in [-0.4, -0.2) is 23.1 Å². The average Bonchev–Trinajstić information content (AvgIpc) is 3.58. The lowest BCUT2D eigenvalue weighted by molar-refractivity contribution is 0.630. The molecule has 0 fully saturated rings. The van der Waals surface area contributed by atoms with Crippen LogP contribution in [0.15, 0.2) is 180 Å². The van der Waals surface area contributed by atoms with Crippen molar-refractivity contribution in [1.29, 1.82) is 0 Å². The smallest absolute Gasteiger partial charge is 0.115 e. The predicted molar refractivity (Wildman–Crippen MR) is 243 cm³/mol. The Morgan fingerprint density at radius 1 is 1.07 bits per heavy atom. The molecule has 1 aromatic heterocycles. The first-order valence-corrected chi connectivity index (χ1v) is 21.0. The highest BCUT2D eigenvalue weighted by Gasteiger charge is 2.25. The second-order valence-electron chi connectivity index (χ2n) is 14.1. The number of hydrogen-bond acceptors (Lipinski definition) is 2. The van der Waals surface area contributed by atoms with Crippen LogP contribution in [0.3, 0.4) is 0 Å². The van der Waals surface area contributed by atoms with Gasteiger partial charge in [-0.3, -0.25) is 4.57 Å². The average molecular weight is 740 g/mol. The van der Waals surface area contributed by atoms with Crippen molar-refractivity contribution in [2.45, 2.75) is 51.9 Å². The van der Waals surface area contributed by atoms with E-state index in [1.807, 2.05) is 25.2 Å². The van der Waals surface area contributed by atoms with E-state index < -0.39 is 0 Å². The predicted octanol–water partition coefficient (Wildman–Crippen LogP) is 12.8. The Kier molecular flexibility index (Phi) is 14.3. The number of para-hydroxylation sites is 1. The zero-order valence-corrected chi connectivity index (χ0v) is 33.4. The molecule has 4 aromatic rings. The molecule has 3 aliphatic rings. The molecule has 55 heavy (non-hydrogen) atoms. The molecule has 4 unspecified atom stereocenters. The highest BCUT2D eigenvalue weighted by molar-refractivity contribution is 7.41. The molecule has 3 nitrogen and oxygen atoms in total. The van der Waals surface area contributed by atoms with E-state index in [0.717, 1.165) is 67.1 Å². The van der Waals surface area contributed by atoms with E-state index in [2.05, 4.69) is 151 Å². The largest absolute Gasteiger partial charge is 0.327 e. The van der Waals surface area contributed by atoms with Crippen LogP contribution in [0, 0.1) is 24.2 Å². The summed E-state index contributed by atoms with van der Waals surface area (Å²) < 4.78 is 2.37. The van der Waals surface area contributed by atoms with Crippen LogP contribution < -0.4 is 5.73 Å². The van der Waals surface area contributed by atoms with Crippen molar-refractivity contribution < 1.29 is 0 Å². The fraction of sp³-hybridized carbons (Fsp3) is 0.235. The minimum atomic E-state index is -0.188. The molecule has 0 bridgehead atoms. The lowest BCUT2D eigenvalue weighted by Gasteiger charge is -2.25. The van der Waals surface area contributed by atoms with Gasteiger partial charge in [0.2, 0.25) is 0 Å². The number of aromatic nitrogens is 1. The number of nitrogens with two attached hydrogens (primary N) is 1. The first kappa shape index (κ1) is 39.4. The molecule has 4 heteroatoms. The summed E-state index contributed by atoms with van der Waals surface area (Å²) in [6, 6.07) is 26.2. The van der Waals surface area contributed by atoms with E-state index in [0.29, 0.717) is 12.5 Å². The lowest BCUT2D eigenvalue weighted by Crippen LogP contribution is -2.19. The van der Waals surface area contributed by atoms with Gasteiger partial charge in [-0.25, -0.2) is 4.99 Å². The molecule has 2 N–H and O–H groups in total. The second-order valence-corrected chi connectivity index (χ2v) is 15.3. The quantitative estimate of drug-likeness (QED) is 0.0982. The maximum atomic E-state index is 6.10. The monoisotopic (exact) mass is 739 g/mol. The van der Waals surface area contributed by atoms with Crippen LogP contribution >= 0.6 is 8.58 Å². The minimum Gasteiger partial charge on any atom is -0.327 e. The molecule has 0 saturated carbocycles. The van der Waals surface area contributed by atoms with Crippen LogP contribution in [-0.2, 0) is 0 Å². The van der Waals surface area contributed by atoms with Gasteiger partial charge in [-0.15, -0.1) is 6.42 Å². The summed E-state index contributed by atoms with van der Waals surface area (Å²) in [5, 5.41) is 2.37. The van der Waals surface area contributed by atoms with Gasteiger partial charge < -0.3 is 5.73 Å². The Morgan fingerprint density at radius 3 is 2.55 bits per heavy atom. The SMILES string of the molecule is C#CC(/C=C\C(=C/CN)c1ccc2c(c1)c1ccccc1n2C1=NC(C2=CCC(CC)C=C2)=CC(c2ccccc2)C1)C(/C=C\C)=C/C=C.C1=CPCCC1. The van der Waals surface area contributed by atoms with Crippen LogP contribution in [0.4, 0.5) is 0 Å². The van der Waals surface area contributed by atoms with Crippen LogP contribution in [0.5, 0.6) is 0 Å². The number of benzene rings is 3. The Bertz CT molecular complexity index is 2290. The highest BCUT2D eigenvalue weighted by atomic mass is 31.1. The van der Waals surface area contributed by atoms with Crippen molar-refractivity contribution in [3.8, 4) is 12.3 Å². The lowest BCUT2D eigenvalue weighted by atomic mass is 9.88. The maximum absolute atomic E-state index is 6.10. The molecule has 0 saturated heterocycles. The van der Waals surface area contributed by atoms with Gasteiger partial charge in [-0.1, -0.05) is 161 Å². The number of rotatable bonds is 10. The van der Waals surface area contributed by atoms with E-state index in [-0.39, 0.29) is 11.8 Å². The van der Waals surface area contributed by atoms with Gasteiger partial charge in [0.05, 0.1) is 22.6 Å². The molecule has 3 aromatic carbocycles. The van der Waals surface area contributed by atoms with Crippen molar-refractivity contribution in [3.63, 3.8) is 0 Å². The molecule has 7 rings (SSSR count). The summed E-state index contributed by atoms with van der Waals surface area (Å²) >= 11 is 0. The molecule has 0 spiro atoms. The number of terminal acetylenes is 1. The van der Waals surface area contributed by atoms with Crippen molar-refractivity contribution >= 4 is 41.8 Å². The molecule has 2 aliphatic heterocycles.